The molecule has 1 N–H and O–H groups in total. The summed E-state index contributed by atoms with van der Waals surface area (Å²) < 4.78 is 63.8. The molecule has 0 aliphatic rings. The van der Waals surface area contributed by atoms with Gasteiger partial charge >= 0.3 is 6.18 Å². The van der Waals surface area contributed by atoms with Gasteiger partial charge in [0.1, 0.15) is 0 Å². The molecular weight excluding hydrogens is 429 g/mol. The van der Waals surface area contributed by atoms with Crippen molar-refractivity contribution in [2.45, 2.75) is 25.9 Å². The van der Waals surface area contributed by atoms with E-state index < -0.39 is 21.8 Å². The number of rotatable bonds is 7. The molecule has 0 fully saturated rings. The number of carbonyl (C=O) groups excluding carboxylic acids is 1. The maximum absolute atomic E-state index is 12.9. The summed E-state index contributed by atoms with van der Waals surface area (Å²) in [4.78, 5) is 12.2. The quantitative estimate of drug-likeness (QED) is 0.658. The van der Waals surface area contributed by atoms with E-state index in [-0.39, 0.29) is 31.0 Å². The van der Waals surface area contributed by atoms with Crippen LogP contribution in [0, 0.1) is 6.92 Å². The van der Waals surface area contributed by atoms with Gasteiger partial charge in [-0.3, -0.25) is 9.10 Å². The Bertz CT molecular complexity index is 994. The Kier molecular flexibility index (Phi) is 7.18. The second kappa shape index (κ2) is 9.04. The molecule has 5 nitrogen and oxygen atoms in total. The zero-order valence-corrected chi connectivity index (χ0v) is 17.3. The monoisotopic (exact) mass is 448 g/mol. The maximum Gasteiger partial charge on any atom is 0.416 e. The molecule has 158 valence electrons. The molecule has 0 atom stereocenters. The number of carbonyl (C=O) groups is 1. The van der Waals surface area contributed by atoms with E-state index in [1.54, 1.807) is 25.1 Å². The number of anilines is 2. The summed E-state index contributed by atoms with van der Waals surface area (Å²) in [5.41, 5.74) is 0.191. The number of hydrogen-bond acceptors (Lipinski definition) is 3. The average Bonchev–Trinajstić information content (AvgIpc) is 2.61. The van der Waals surface area contributed by atoms with Gasteiger partial charge in [-0.05, 0) is 49.2 Å². The Labute approximate surface area is 172 Å². The van der Waals surface area contributed by atoms with Gasteiger partial charge in [0.05, 0.1) is 17.5 Å². The molecule has 0 saturated carbocycles. The number of halogens is 4. The van der Waals surface area contributed by atoms with Gasteiger partial charge in [-0.1, -0.05) is 23.7 Å². The van der Waals surface area contributed by atoms with E-state index in [9.17, 15) is 26.4 Å². The lowest BCUT2D eigenvalue weighted by Crippen LogP contribution is -2.31. The molecule has 29 heavy (non-hydrogen) atoms. The van der Waals surface area contributed by atoms with E-state index in [0.29, 0.717) is 16.3 Å². The average molecular weight is 449 g/mol. The molecular formula is C19H20ClF3N2O3S. The molecule has 0 unspecified atom stereocenters. The third-order valence-corrected chi connectivity index (χ3v) is 5.77. The SMILES string of the molecule is Cc1c(Cl)cccc1NC(=O)CCCN(c1cccc(C(F)(F)F)c1)S(C)(=O)=O. The van der Waals surface area contributed by atoms with Crippen molar-refractivity contribution >= 4 is 38.9 Å². The van der Waals surface area contributed by atoms with E-state index in [2.05, 4.69) is 5.32 Å². The summed E-state index contributed by atoms with van der Waals surface area (Å²) in [7, 11) is -3.83. The van der Waals surface area contributed by atoms with Crippen LogP contribution < -0.4 is 9.62 Å². The lowest BCUT2D eigenvalue weighted by atomic mass is 10.2. The number of hydrogen-bond donors (Lipinski definition) is 1. The van der Waals surface area contributed by atoms with Crippen molar-refractivity contribution < 1.29 is 26.4 Å². The van der Waals surface area contributed by atoms with Crippen molar-refractivity contribution in [3.05, 3.63) is 58.6 Å². The van der Waals surface area contributed by atoms with Gasteiger partial charge in [-0.15, -0.1) is 0 Å². The van der Waals surface area contributed by atoms with Crippen LogP contribution in [0.4, 0.5) is 24.5 Å². The first-order chi connectivity index (χ1) is 13.4. The van der Waals surface area contributed by atoms with Crippen LogP contribution in [0.3, 0.4) is 0 Å². The Morgan fingerprint density at radius 2 is 1.83 bits per heavy atom. The Hall–Kier alpha value is -2.26. The van der Waals surface area contributed by atoms with Crippen molar-refractivity contribution in [2.24, 2.45) is 0 Å². The number of amides is 1. The highest BCUT2D eigenvalue weighted by atomic mass is 35.5. The minimum atomic E-state index is -4.59. The molecule has 1 amide bonds. The topological polar surface area (TPSA) is 66.5 Å². The Morgan fingerprint density at radius 1 is 1.17 bits per heavy atom. The standard InChI is InChI=1S/C19H20ClF3N2O3S/c1-13-16(20)8-4-9-17(13)24-18(26)10-5-11-25(29(2,27)28)15-7-3-6-14(12-15)19(21,22)23/h3-4,6-9,12H,5,10-11H2,1-2H3,(H,24,26). The summed E-state index contributed by atoms with van der Waals surface area (Å²) in [6.45, 7) is 1.61. The smallest absolute Gasteiger partial charge is 0.326 e. The lowest BCUT2D eigenvalue weighted by Gasteiger charge is -2.23. The highest BCUT2D eigenvalue weighted by Crippen LogP contribution is 2.32. The summed E-state index contributed by atoms with van der Waals surface area (Å²) in [5, 5.41) is 3.19. The van der Waals surface area contributed by atoms with E-state index in [4.69, 9.17) is 11.6 Å². The second-order valence-corrected chi connectivity index (χ2v) is 8.76. The molecule has 0 bridgehead atoms. The summed E-state index contributed by atoms with van der Waals surface area (Å²) in [6, 6.07) is 9.12. The fourth-order valence-electron chi connectivity index (χ4n) is 2.66. The third-order valence-electron chi connectivity index (χ3n) is 4.17. The molecule has 2 aromatic rings. The minimum absolute atomic E-state index is 0.0169. The van der Waals surface area contributed by atoms with Crippen molar-refractivity contribution in [3.8, 4) is 0 Å². The largest absolute Gasteiger partial charge is 0.416 e. The third kappa shape index (κ3) is 6.37. The molecule has 0 aliphatic heterocycles. The van der Waals surface area contributed by atoms with Crippen LogP contribution in [0.2, 0.25) is 5.02 Å². The maximum atomic E-state index is 12.9. The van der Waals surface area contributed by atoms with E-state index in [1.807, 2.05) is 0 Å². The summed E-state index contributed by atoms with van der Waals surface area (Å²) in [6.07, 6.45) is -3.58. The molecule has 0 heterocycles. The predicted octanol–water partition coefficient (Wildman–Crippen LogP) is 4.85. The fraction of sp³-hybridized carbons (Fsp3) is 0.316. The molecule has 2 aromatic carbocycles. The van der Waals surface area contributed by atoms with E-state index in [1.165, 1.54) is 6.07 Å². The molecule has 0 aromatic heterocycles. The summed E-state index contributed by atoms with van der Waals surface area (Å²) >= 11 is 6.00. The first-order valence-corrected chi connectivity index (χ1v) is 10.8. The molecule has 0 spiro atoms. The molecule has 2 rings (SSSR count). The molecule has 0 radical (unpaired) electrons. The molecule has 0 aliphatic carbocycles. The van der Waals surface area contributed by atoms with Gasteiger partial charge in [-0.2, -0.15) is 13.2 Å². The number of alkyl halides is 3. The highest BCUT2D eigenvalue weighted by Gasteiger charge is 2.31. The first kappa shape index (κ1) is 23.0. The highest BCUT2D eigenvalue weighted by molar-refractivity contribution is 7.92. The predicted molar refractivity (Wildman–Crippen MR) is 108 cm³/mol. The second-order valence-electron chi connectivity index (χ2n) is 6.45. The van der Waals surface area contributed by atoms with Gasteiger partial charge in [0, 0.05) is 23.7 Å². The Balaban J connectivity index is 2.07. The number of benzene rings is 2. The van der Waals surface area contributed by atoms with Crippen LogP contribution in [0.5, 0.6) is 0 Å². The van der Waals surface area contributed by atoms with Gasteiger partial charge in [0.2, 0.25) is 15.9 Å². The van der Waals surface area contributed by atoms with Crippen LogP contribution in [0.25, 0.3) is 0 Å². The van der Waals surface area contributed by atoms with Gasteiger partial charge < -0.3 is 5.32 Å². The number of nitrogens with one attached hydrogen (secondary N) is 1. The van der Waals surface area contributed by atoms with Crippen molar-refractivity contribution in [2.75, 3.05) is 22.4 Å². The van der Waals surface area contributed by atoms with Crippen LogP contribution >= 0.6 is 11.6 Å². The molecule has 0 saturated heterocycles. The minimum Gasteiger partial charge on any atom is -0.326 e. The van der Waals surface area contributed by atoms with Crippen molar-refractivity contribution in [1.29, 1.82) is 0 Å². The van der Waals surface area contributed by atoms with Crippen LogP contribution in [-0.4, -0.2) is 27.1 Å². The fourth-order valence-corrected chi connectivity index (χ4v) is 3.79. The number of nitrogens with zero attached hydrogens (tertiary/aromatic N) is 1. The van der Waals surface area contributed by atoms with Gasteiger partial charge in [-0.25, -0.2) is 8.42 Å². The zero-order chi connectivity index (χ0) is 21.8. The summed E-state index contributed by atoms with van der Waals surface area (Å²) in [5.74, 6) is -0.354. The normalized spacial score (nSPS) is 11.9. The van der Waals surface area contributed by atoms with Gasteiger partial charge in [0.15, 0.2) is 0 Å². The van der Waals surface area contributed by atoms with Crippen LogP contribution in [0.1, 0.15) is 24.0 Å². The zero-order valence-electron chi connectivity index (χ0n) is 15.8. The van der Waals surface area contributed by atoms with Crippen LogP contribution in [-0.2, 0) is 21.0 Å². The van der Waals surface area contributed by atoms with E-state index >= 15 is 0 Å². The van der Waals surface area contributed by atoms with Gasteiger partial charge in [0.25, 0.3) is 0 Å². The van der Waals surface area contributed by atoms with Crippen molar-refractivity contribution in [3.63, 3.8) is 0 Å². The first-order valence-electron chi connectivity index (χ1n) is 8.59. The van der Waals surface area contributed by atoms with E-state index in [0.717, 1.165) is 28.8 Å². The lowest BCUT2D eigenvalue weighted by molar-refractivity contribution is -0.137. The molecule has 10 heteroatoms. The Morgan fingerprint density at radius 3 is 2.45 bits per heavy atom. The number of sulfonamides is 1. The van der Waals surface area contributed by atoms with Crippen LogP contribution in [0.15, 0.2) is 42.5 Å². The van der Waals surface area contributed by atoms with Crippen molar-refractivity contribution in [1.82, 2.24) is 0 Å².